The zero-order valence-corrected chi connectivity index (χ0v) is 10.9. The molecule has 2 N–H and O–H groups in total. The predicted molar refractivity (Wildman–Crippen MR) is 66.5 cm³/mol. The van der Waals surface area contributed by atoms with E-state index in [1.165, 1.54) is 7.11 Å². The molecule has 0 saturated heterocycles. The number of hydrogen-bond donors (Lipinski definition) is 1. The van der Waals surface area contributed by atoms with Crippen LogP contribution in [-0.2, 0) is 9.53 Å². The number of aryl methyl sites for hydroxylation is 2. The van der Waals surface area contributed by atoms with Crippen molar-refractivity contribution < 1.29 is 19.1 Å². The molecule has 0 saturated carbocycles. The van der Waals surface area contributed by atoms with Gasteiger partial charge in [-0.25, -0.2) is 4.79 Å². The van der Waals surface area contributed by atoms with Crippen molar-refractivity contribution in [3.8, 4) is 5.75 Å². The van der Waals surface area contributed by atoms with Gasteiger partial charge in [-0.05, 0) is 44.0 Å². The molecule has 18 heavy (non-hydrogen) atoms. The third-order valence-electron chi connectivity index (χ3n) is 2.57. The summed E-state index contributed by atoms with van der Waals surface area (Å²) in [7, 11) is 1.30. The molecule has 1 atom stereocenters. The molecule has 5 nitrogen and oxygen atoms in total. The second-order valence-electron chi connectivity index (χ2n) is 4.09. The number of rotatable bonds is 4. The van der Waals surface area contributed by atoms with Crippen LogP contribution in [0.25, 0.3) is 0 Å². The van der Waals surface area contributed by atoms with Gasteiger partial charge in [0.25, 0.3) is 0 Å². The van der Waals surface area contributed by atoms with E-state index in [1.54, 1.807) is 32.9 Å². The van der Waals surface area contributed by atoms with Crippen LogP contribution in [0.15, 0.2) is 12.1 Å². The molecule has 0 heterocycles. The lowest BCUT2D eigenvalue weighted by molar-refractivity contribution is -0.147. The molecule has 1 rings (SSSR count). The fourth-order valence-corrected chi connectivity index (χ4v) is 1.67. The van der Waals surface area contributed by atoms with Crippen LogP contribution >= 0.6 is 0 Å². The first kappa shape index (κ1) is 14.0. The molecule has 0 aromatic heterocycles. The van der Waals surface area contributed by atoms with E-state index in [4.69, 9.17) is 10.5 Å². The summed E-state index contributed by atoms with van der Waals surface area (Å²) >= 11 is 0. The quantitative estimate of drug-likeness (QED) is 0.819. The Morgan fingerprint density at radius 1 is 1.22 bits per heavy atom. The van der Waals surface area contributed by atoms with Gasteiger partial charge in [0.2, 0.25) is 5.91 Å². The van der Waals surface area contributed by atoms with Crippen LogP contribution in [0.3, 0.4) is 0 Å². The van der Waals surface area contributed by atoms with Gasteiger partial charge in [-0.3, -0.25) is 4.79 Å². The predicted octanol–water partition coefficient (Wildman–Crippen LogP) is 1.34. The standard InChI is InChI=1S/C13H17NO4/c1-7-5-10(12(14)15)6-8(2)11(7)18-9(3)13(16)17-4/h5-6,9H,1-4H3,(H2,14,15)/t9-/m1/s1. The lowest BCUT2D eigenvalue weighted by atomic mass is 10.1. The summed E-state index contributed by atoms with van der Waals surface area (Å²) in [5, 5.41) is 0. The average Bonchev–Trinajstić information content (AvgIpc) is 2.31. The van der Waals surface area contributed by atoms with Crippen LogP contribution < -0.4 is 10.5 Å². The van der Waals surface area contributed by atoms with Gasteiger partial charge in [-0.15, -0.1) is 0 Å². The van der Waals surface area contributed by atoms with Gasteiger partial charge >= 0.3 is 5.97 Å². The molecule has 0 fully saturated rings. The number of primary amides is 1. The number of carbonyl (C=O) groups is 2. The molecular formula is C13H17NO4. The Kier molecular flexibility index (Phi) is 4.31. The van der Waals surface area contributed by atoms with Crippen molar-refractivity contribution in [2.45, 2.75) is 26.9 Å². The maximum absolute atomic E-state index is 11.3. The summed E-state index contributed by atoms with van der Waals surface area (Å²) < 4.78 is 10.1. The van der Waals surface area contributed by atoms with E-state index in [1.807, 2.05) is 0 Å². The highest BCUT2D eigenvalue weighted by Gasteiger charge is 2.18. The van der Waals surface area contributed by atoms with Crippen LogP contribution in [0.1, 0.15) is 28.4 Å². The van der Waals surface area contributed by atoms with E-state index in [0.29, 0.717) is 11.3 Å². The van der Waals surface area contributed by atoms with Crippen molar-refractivity contribution in [3.63, 3.8) is 0 Å². The van der Waals surface area contributed by atoms with Crippen molar-refractivity contribution in [3.05, 3.63) is 28.8 Å². The van der Waals surface area contributed by atoms with Gasteiger partial charge in [0.05, 0.1) is 7.11 Å². The van der Waals surface area contributed by atoms with Gasteiger partial charge in [-0.1, -0.05) is 0 Å². The molecule has 1 amide bonds. The van der Waals surface area contributed by atoms with Crippen molar-refractivity contribution in [1.82, 2.24) is 0 Å². The highest BCUT2D eigenvalue weighted by Crippen LogP contribution is 2.25. The van der Waals surface area contributed by atoms with E-state index >= 15 is 0 Å². The number of methoxy groups -OCH3 is 1. The van der Waals surface area contributed by atoms with E-state index in [9.17, 15) is 9.59 Å². The molecule has 0 aliphatic heterocycles. The summed E-state index contributed by atoms with van der Waals surface area (Å²) in [4.78, 5) is 22.4. The molecule has 0 radical (unpaired) electrons. The number of carbonyl (C=O) groups excluding carboxylic acids is 2. The van der Waals surface area contributed by atoms with Crippen LogP contribution in [0.5, 0.6) is 5.75 Å². The smallest absolute Gasteiger partial charge is 0.346 e. The Morgan fingerprint density at radius 2 is 1.72 bits per heavy atom. The van der Waals surface area contributed by atoms with Crippen molar-refractivity contribution in [1.29, 1.82) is 0 Å². The summed E-state index contributed by atoms with van der Waals surface area (Å²) in [5.74, 6) is -0.376. The Labute approximate surface area is 106 Å². The summed E-state index contributed by atoms with van der Waals surface area (Å²) in [6, 6.07) is 3.27. The summed E-state index contributed by atoms with van der Waals surface area (Å²) in [6.45, 7) is 5.18. The first-order chi connectivity index (χ1) is 8.36. The van der Waals surface area contributed by atoms with Gasteiger partial charge in [0, 0.05) is 5.56 Å². The first-order valence-corrected chi connectivity index (χ1v) is 5.52. The number of benzene rings is 1. The fourth-order valence-electron chi connectivity index (χ4n) is 1.67. The largest absolute Gasteiger partial charge is 0.478 e. The molecule has 5 heteroatoms. The first-order valence-electron chi connectivity index (χ1n) is 5.52. The summed E-state index contributed by atoms with van der Waals surface area (Å²) in [6.07, 6.45) is -0.702. The lowest BCUT2D eigenvalue weighted by Gasteiger charge is -2.17. The van der Waals surface area contributed by atoms with E-state index < -0.39 is 18.0 Å². The Hall–Kier alpha value is -2.04. The number of amides is 1. The Bertz CT molecular complexity index is 459. The molecule has 1 aromatic rings. The van der Waals surface area contributed by atoms with Crippen molar-refractivity contribution >= 4 is 11.9 Å². The number of nitrogens with two attached hydrogens (primary N) is 1. The molecular weight excluding hydrogens is 234 g/mol. The maximum Gasteiger partial charge on any atom is 0.346 e. The highest BCUT2D eigenvalue weighted by molar-refractivity contribution is 5.93. The minimum atomic E-state index is -0.702. The van der Waals surface area contributed by atoms with Crippen molar-refractivity contribution in [2.75, 3.05) is 7.11 Å². The number of hydrogen-bond acceptors (Lipinski definition) is 4. The second kappa shape index (κ2) is 5.53. The third kappa shape index (κ3) is 3.00. The minimum absolute atomic E-state index is 0.420. The van der Waals surface area contributed by atoms with Crippen LogP contribution in [-0.4, -0.2) is 25.1 Å². The van der Waals surface area contributed by atoms with Crippen LogP contribution in [0.4, 0.5) is 0 Å². The van der Waals surface area contributed by atoms with Gasteiger partial charge in [0.15, 0.2) is 6.10 Å². The van der Waals surface area contributed by atoms with E-state index in [-0.39, 0.29) is 0 Å². The molecule has 0 spiro atoms. The van der Waals surface area contributed by atoms with E-state index in [2.05, 4.69) is 4.74 Å². The molecule has 0 unspecified atom stereocenters. The second-order valence-corrected chi connectivity index (χ2v) is 4.09. The van der Waals surface area contributed by atoms with Gasteiger partial charge in [-0.2, -0.15) is 0 Å². The topological polar surface area (TPSA) is 78.6 Å². The van der Waals surface area contributed by atoms with Crippen LogP contribution in [0, 0.1) is 13.8 Å². The maximum atomic E-state index is 11.3. The average molecular weight is 251 g/mol. The van der Waals surface area contributed by atoms with Gasteiger partial charge < -0.3 is 15.2 Å². The van der Waals surface area contributed by atoms with E-state index in [0.717, 1.165) is 11.1 Å². The van der Waals surface area contributed by atoms with Gasteiger partial charge in [0.1, 0.15) is 5.75 Å². The normalized spacial score (nSPS) is 11.8. The van der Waals surface area contributed by atoms with Crippen LogP contribution in [0.2, 0.25) is 0 Å². The molecule has 0 bridgehead atoms. The monoisotopic (exact) mass is 251 g/mol. The molecule has 1 aromatic carbocycles. The third-order valence-corrected chi connectivity index (χ3v) is 2.57. The molecule has 0 aliphatic rings. The summed E-state index contributed by atoms with van der Waals surface area (Å²) in [5.41, 5.74) is 7.14. The van der Waals surface area contributed by atoms with Crippen molar-refractivity contribution in [2.24, 2.45) is 5.73 Å². The fraction of sp³-hybridized carbons (Fsp3) is 0.385. The number of esters is 1. The lowest BCUT2D eigenvalue weighted by Crippen LogP contribution is -2.25. The molecule has 98 valence electrons. The number of ether oxygens (including phenoxy) is 2. The highest BCUT2D eigenvalue weighted by atomic mass is 16.6. The SMILES string of the molecule is COC(=O)[C@@H](C)Oc1c(C)cc(C(N)=O)cc1C. The Balaban J connectivity index is 3.04. The Morgan fingerprint density at radius 3 is 2.11 bits per heavy atom. The zero-order valence-electron chi connectivity index (χ0n) is 10.9. The minimum Gasteiger partial charge on any atom is -0.478 e. The molecule has 0 aliphatic carbocycles. The zero-order chi connectivity index (χ0) is 13.9.